The monoisotopic (exact) mass is 1020 g/mol. The van der Waals surface area contributed by atoms with E-state index in [0.29, 0.717) is 12.4 Å². The van der Waals surface area contributed by atoms with E-state index < -0.39 is 0 Å². The number of nitrogens with zero attached hydrogens (tertiary/aromatic N) is 9. The van der Waals surface area contributed by atoms with Crippen LogP contribution in [0.4, 0.5) is 22.3 Å². The zero-order valence-electron chi connectivity index (χ0n) is 39.5. The van der Waals surface area contributed by atoms with Gasteiger partial charge in [-0.2, -0.15) is 10.3 Å². The van der Waals surface area contributed by atoms with Gasteiger partial charge in [0, 0.05) is 34.9 Å². The molecule has 2 aliphatic heterocycles. The summed E-state index contributed by atoms with van der Waals surface area (Å²) in [7, 11) is 0. The topological polar surface area (TPSA) is 190 Å². The van der Waals surface area contributed by atoms with Crippen molar-refractivity contribution in [3.05, 3.63) is 121 Å². The molecule has 0 bridgehead atoms. The average Bonchev–Trinajstić information content (AvgIpc) is 4.13. The number of thiazole rings is 1. The number of anilines is 3. The second-order valence-corrected chi connectivity index (χ2v) is 17.8. The molecule has 2 aliphatic rings. The SMILES string of the molecule is Cc1cc2ncnc(-c3sc(Nc4ccc(OCCN5CCCC5)cc4)nc3N)c2cc1C.Cc1cc2ncnc(CBr)c2cc1C.N#CN.S=C=Nc1ccc(OCCN2CCCC2)cc1.[CH3-]. The Hall–Kier alpha value is -6.12. The van der Waals surface area contributed by atoms with E-state index in [4.69, 9.17) is 20.5 Å². The molecule has 17 heteroatoms. The van der Waals surface area contributed by atoms with Crippen molar-refractivity contribution in [3.8, 4) is 28.3 Å². The Kier molecular flexibility index (Phi) is 21.0. The number of halogens is 1. The van der Waals surface area contributed by atoms with Gasteiger partial charge in [-0.15, -0.1) is 0 Å². The number of nitrogens with one attached hydrogen (secondary N) is 1. The van der Waals surface area contributed by atoms with Gasteiger partial charge >= 0.3 is 0 Å². The lowest BCUT2D eigenvalue weighted by Crippen LogP contribution is -2.25. The van der Waals surface area contributed by atoms with E-state index in [9.17, 15) is 0 Å². The van der Waals surface area contributed by atoms with Gasteiger partial charge in [0.15, 0.2) is 11.3 Å². The number of isothiocyanates is 1. The van der Waals surface area contributed by atoms with Crippen LogP contribution >= 0.6 is 39.5 Å². The number of benzene rings is 4. The van der Waals surface area contributed by atoms with E-state index in [1.54, 1.807) is 12.7 Å². The van der Waals surface area contributed by atoms with Gasteiger partial charge in [-0.25, -0.2) is 24.9 Å². The smallest absolute Gasteiger partial charge is 0.189 e. The number of alkyl halides is 1. The number of aryl methyl sites for hydroxylation is 4. The number of nitrogens with two attached hydrogens (primary N) is 2. The van der Waals surface area contributed by atoms with E-state index in [-0.39, 0.29) is 7.43 Å². The van der Waals surface area contributed by atoms with Crippen molar-refractivity contribution >= 4 is 88.8 Å². The third-order valence-corrected chi connectivity index (χ3v) is 13.1. The van der Waals surface area contributed by atoms with Crippen LogP contribution < -0.4 is 26.3 Å². The third kappa shape index (κ3) is 15.2. The summed E-state index contributed by atoms with van der Waals surface area (Å²) in [4.78, 5) is 31.6. The van der Waals surface area contributed by atoms with E-state index in [1.807, 2.05) is 48.5 Å². The Morgan fingerprint density at radius 2 is 1.24 bits per heavy atom. The number of aliphatic imine (C=N–C) groups is 1. The molecule has 9 rings (SSSR count). The van der Waals surface area contributed by atoms with Crippen LogP contribution in [0.25, 0.3) is 32.4 Å². The first kappa shape index (κ1) is 52.8. The predicted octanol–water partition coefficient (Wildman–Crippen LogP) is 11.1. The number of nitriles is 1. The van der Waals surface area contributed by atoms with Crippen molar-refractivity contribution < 1.29 is 9.47 Å². The molecule has 0 atom stereocenters. The second kappa shape index (κ2) is 27.0. The summed E-state index contributed by atoms with van der Waals surface area (Å²) in [6, 6.07) is 24.0. The fraction of sp³-hybridized carbons (Fsp3) is 0.333. The number of thiocarbonyl (C=S) groups is 1. The molecule has 0 unspecified atom stereocenters. The molecule has 2 saturated heterocycles. The first-order chi connectivity index (χ1) is 32.6. The molecule has 5 N–H and O–H groups in total. The van der Waals surface area contributed by atoms with Gasteiger partial charge in [0.25, 0.3) is 0 Å². The predicted molar refractivity (Wildman–Crippen MR) is 286 cm³/mol. The summed E-state index contributed by atoms with van der Waals surface area (Å²) in [6.45, 7) is 16.7. The Labute approximate surface area is 418 Å². The average molecular weight is 1020 g/mol. The Morgan fingerprint density at radius 1 is 0.750 bits per heavy atom. The summed E-state index contributed by atoms with van der Waals surface area (Å²) in [6.07, 6.45) is 9.70. The highest BCUT2D eigenvalue weighted by atomic mass is 79.9. The maximum atomic E-state index is 7.10. The van der Waals surface area contributed by atoms with Gasteiger partial charge in [0.2, 0.25) is 0 Å². The fourth-order valence-corrected chi connectivity index (χ4v) is 9.02. The Balaban J connectivity index is 0.000000206. The van der Waals surface area contributed by atoms with Crippen LogP contribution in [0.5, 0.6) is 11.5 Å². The number of hydrogen-bond donors (Lipinski definition) is 3. The number of hydrogen-bond acceptors (Lipinski definition) is 16. The normalized spacial score (nSPS) is 13.1. The summed E-state index contributed by atoms with van der Waals surface area (Å²) in [5.74, 6) is 2.22. The van der Waals surface area contributed by atoms with Crippen LogP contribution in [0.15, 0.2) is 90.4 Å². The standard InChI is InChI=1S/C25H28N6OS.C13H16N2OS.C11H11BrN2.CH2N2.CH3/c1-16-13-20-21(14-17(16)2)27-15-28-22(20)23-24(26)30-25(33-23)29-18-5-7-19(8-6-18)32-12-11-31-9-3-4-10-31;17-11-14-12-3-5-13(6-4-12)16-10-9-15-7-1-2-8-15;1-7-3-9-10(4-8(7)2)13-6-14-11(9)5-12;2-1-3;/h5-8,13-15H,3-4,9-12,26H2,1-2H3,(H,29,30);3-6H,1-2,7-10H2;3-4,6H,5H2,1-2H3;2H2;1H3/q;;;;-1. The van der Waals surface area contributed by atoms with Gasteiger partial charge in [-0.3, -0.25) is 9.80 Å². The van der Waals surface area contributed by atoms with Gasteiger partial charge in [0.05, 0.1) is 38.1 Å². The number of likely N-dealkylation sites (tertiary alicyclic amines) is 2. The van der Waals surface area contributed by atoms with E-state index in [2.05, 4.69) is 136 Å². The molecule has 14 nitrogen and oxygen atoms in total. The highest BCUT2D eigenvalue weighted by Crippen LogP contribution is 2.38. The Morgan fingerprint density at radius 3 is 1.76 bits per heavy atom. The lowest BCUT2D eigenvalue weighted by Gasteiger charge is -2.15. The molecule has 2 fully saturated rings. The first-order valence-corrected chi connectivity index (χ1v) is 24.5. The quantitative estimate of drug-likeness (QED) is 0.0247. The molecule has 5 heterocycles. The summed E-state index contributed by atoms with van der Waals surface area (Å²) in [5.41, 5.74) is 21.0. The molecule has 7 aromatic rings. The molecule has 68 heavy (non-hydrogen) atoms. The van der Waals surface area contributed by atoms with Crippen LogP contribution in [-0.2, 0) is 5.33 Å². The van der Waals surface area contributed by atoms with Gasteiger partial charge < -0.3 is 33.7 Å². The minimum absolute atomic E-state index is 0. The summed E-state index contributed by atoms with van der Waals surface area (Å²) in [5, 5.41) is 16.4. The lowest BCUT2D eigenvalue weighted by atomic mass is 10.0. The van der Waals surface area contributed by atoms with Gasteiger partial charge in [-0.05, 0) is 187 Å². The molecular formula is C51H60BrN12O2S2-. The highest BCUT2D eigenvalue weighted by Gasteiger charge is 2.17. The van der Waals surface area contributed by atoms with Crippen molar-refractivity contribution in [2.24, 2.45) is 10.7 Å². The molecule has 0 spiro atoms. The molecule has 3 aromatic heterocycles. The molecule has 4 aromatic carbocycles. The summed E-state index contributed by atoms with van der Waals surface area (Å²) < 4.78 is 11.6. The maximum absolute atomic E-state index is 7.10. The number of aromatic nitrogens is 5. The van der Waals surface area contributed by atoms with Crippen molar-refractivity contribution in [1.29, 1.82) is 5.26 Å². The van der Waals surface area contributed by atoms with Crippen LogP contribution in [0.2, 0.25) is 0 Å². The molecule has 0 radical (unpaired) electrons. The van der Waals surface area contributed by atoms with Crippen molar-refractivity contribution in [2.45, 2.75) is 58.7 Å². The highest BCUT2D eigenvalue weighted by molar-refractivity contribution is 9.08. The zero-order valence-corrected chi connectivity index (χ0v) is 42.7. The molecular weight excluding hydrogens is 957 g/mol. The third-order valence-electron chi connectivity index (χ3n) is 11.4. The number of fused-ring (bicyclic) bond motifs is 2. The minimum atomic E-state index is 0. The number of rotatable bonds is 13. The van der Waals surface area contributed by atoms with E-state index in [1.165, 1.54) is 91.6 Å². The molecule has 0 amide bonds. The van der Waals surface area contributed by atoms with Crippen molar-refractivity contribution in [3.63, 3.8) is 0 Å². The lowest BCUT2D eigenvalue weighted by molar-refractivity contribution is 0.237. The van der Waals surface area contributed by atoms with Gasteiger partial charge in [-0.1, -0.05) is 27.3 Å². The van der Waals surface area contributed by atoms with Gasteiger partial charge in [0.1, 0.15) is 43.2 Å². The molecule has 0 aliphatic carbocycles. The van der Waals surface area contributed by atoms with Crippen molar-refractivity contribution in [1.82, 2.24) is 34.7 Å². The van der Waals surface area contributed by atoms with Crippen LogP contribution in [-0.4, -0.2) is 92.4 Å². The fourth-order valence-electron chi connectivity index (χ4n) is 7.55. The second-order valence-electron chi connectivity index (χ2n) is 16.1. The molecule has 356 valence electrons. The maximum Gasteiger partial charge on any atom is 0.189 e. The number of nitrogen functional groups attached to an aromatic ring is 1. The van der Waals surface area contributed by atoms with Crippen LogP contribution in [0.3, 0.4) is 0 Å². The van der Waals surface area contributed by atoms with Crippen molar-refractivity contribution in [2.75, 3.05) is 63.5 Å². The summed E-state index contributed by atoms with van der Waals surface area (Å²) >= 11 is 9.47. The van der Waals surface area contributed by atoms with Crippen LogP contribution in [0, 0.1) is 46.6 Å². The molecule has 0 saturated carbocycles. The number of ether oxygens (including phenoxy) is 2. The zero-order chi connectivity index (χ0) is 47.5. The minimum Gasteiger partial charge on any atom is -0.492 e. The van der Waals surface area contributed by atoms with E-state index >= 15 is 0 Å². The largest absolute Gasteiger partial charge is 0.492 e. The first-order valence-electron chi connectivity index (χ1n) is 22.2. The van der Waals surface area contributed by atoms with Crippen LogP contribution in [0.1, 0.15) is 53.6 Å². The Bertz CT molecular complexity index is 2780. The van der Waals surface area contributed by atoms with E-state index in [0.717, 1.165) is 91.1 Å².